The van der Waals surface area contributed by atoms with E-state index in [-0.39, 0.29) is 17.8 Å². The lowest BCUT2D eigenvalue weighted by molar-refractivity contribution is -0.138. The second-order valence-corrected chi connectivity index (χ2v) is 8.28. The summed E-state index contributed by atoms with van der Waals surface area (Å²) in [5.41, 5.74) is 1.31. The van der Waals surface area contributed by atoms with Gasteiger partial charge in [0.1, 0.15) is 5.82 Å². The number of aliphatic carboxylic acids is 1. The van der Waals surface area contributed by atoms with Crippen LogP contribution in [0.25, 0.3) is 0 Å². The molecule has 1 saturated heterocycles. The van der Waals surface area contributed by atoms with Gasteiger partial charge in [-0.05, 0) is 68.3 Å². The van der Waals surface area contributed by atoms with Crippen LogP contribution in [0.2, 0.25) is 0 Å². The second kappa shape index (κ2) is 10.5. The van der Waals surface area contributed by atoms with E-state index >= 15 is 0 Å². The molecule has 2 fully saturated rings. The second-order valence-electron chi connectivity index (χ2n) is 8.28. The van der Waals surface area contributed by atoms with Crippen LogP contribution in [0, 0.1) is 11.2 Å². The summed E-state index contributed by atoms with van der Waals surface area (Å²) in [7, 11) is 0. The van der Waals surface area contributed by atoms with Crippen molar-refractivity contribution in [2.45, 2.75) is 38.1 Å². The van der Waals surface area contributed by atoms with Crippen LogP contribution >= 0.6 is 0 Å². The van der Waals surface area contributed by atoms with E-state index in [2.05, 4.69) is 5.32 Å². The molecule has 2 aliphatic rings. The van der Waals surface area contributed by atoms with Gasteiger partial charge in [0, 0.05) is 12.6 Å². The molecule has 1 saturated carbocycles. The van der Waals surface area contributed by atoms with Crippen LogP contribution in [0.5, 0.6) is 0 Å². The zero-order chi connectivity index (χ0) is 20.5. The fourth-order valence-corrected chi connectivity index (χ4v) is 3.86. The molecule has 2 N–H and O–H groups in total. The number of halogens is 1. The fraction of sp³-hybridized carbons (Fsp3) is 0.458. The molecule has 0 radical (unpaired) electrons. The minimum atomic E-state index is -0.757. The summed E-state index contributed by atoms with van der Waals surface area (Å²) in [6, 6.07) is 19.5. The number of hydrogen-bond acceptors (Lipinski definition) is 3. The Hall–Kier alpha value is -2.24. The molecule has 0 aromatic heterocycles. The number of nitrogens with zero attached hydrogens (tertiary/aromatic N) is 1. The maximum absolute atomic E-state index is 13.1. The van der Waals surface area contributed by atoms with E-state index in [9.17, 15) is 9.18 Å². The number of piperidine rings is 1. The van der Waals surface area contributed by atoms with Crippen LogP contribution in [-0.4, -0.2) is 48.2 Å². The minimum absolute atomic E-state index is 0.128. The number of hydrogen-bond donors (Lipinski definition) is 2. The van der Waals surface area contributed by atoms with Crippen LogP contribution in [0.15, 0.2) is 60.7 Å². The van der Waals surface area contributed by atoms with Gasteiger partial charge >= 0.3 is 5.97 Å². The molecule has 0 spiro atoms. The third-order valence-corrected chi connectivity index (χ3v) is 5.78. The number of carboxylic acids is 1. The first-order valence-corrected chi connectivity index (χ1v) is 10.5. The highest BCUT2D eigenvalue weighted by molar-refractivity contribution is 5.69. The van der Waals surface area contributed by atoms with E-state index in [1.54, 1.807) is 0 Å². The van der Waals surface area contributed by atoms with Gasteiger partial charge in [-0.25, -0.2) is 4.39 Å². The lowest BCUT2D eigenvalue weighted by Gasteiger charge is -2.42. The van der Waals surface area contributed by atoms with Crippen molar-refractivity contribution < 1.29 is 14.3 Å². The van der Waals surface area contributed by atoms with E-state index in [0.717, 1.165) is 44.5 Å². The van der Waals surface area contributed by atoms with Gasteiger partial charge in [0.15, 0.2) is 0 Å². The van der Waals surface area contributed by atoms with Gasteiger partial charge in [-0.15, -0.1) is 0 Å². The molecule has 2 aromatic carbocycles. The molecular formula is C24H31FN2O2. The Kier molecular flexibility index (Phi) is 7.78. The predicted molar refractivity (Wildman–Crippen MR) is 113 cm³/mol. The average molecular weight is 399 g/mol. The zero-order valence-electron chi connectivity index (χ0n) is 16.9. The number of likely N-dealkylation sites (tertiary alicyclic amines) is 1. The summed E-state index contributed by atoms with van der Waals surface area (Å²) < 4.78 is 13.1. The number of carboxylic acid groups (broad SMARTS) is 1. The van der Waals surface area contributed by atoms with Gasteiger partial charge in [-0.1, -0.05) is 48.5 Å². The van der Waals surface area contributed by atoms with Crippen molar-refractivity contribution in [3.8, 4) is 0 Å². The summed E-state index contributed by atoms with van der Waals surface area (Å²) in [5, 5.41) is 12.6. The first-order valence-electron chi connectivity index (χ1n) is 10.5. The first kappa shape index (κ1) is 21.5. The Morgan fingerprint density at radius 2 is 1.59 bits per heavy atom. The quantitative estimate of drug-likeness (QED) is 0.741. The lowest BCUT2D eigenvalue weighted by atomic mass is 9.73. The van der Waals surface area contributed by atoms with Crippen molar-refractivity contribution in [1.82, 2.24) is 10.2 Å². The highest BCUT2D eigenvalue weighted by Gasteiger charge is 2.36. The Bertz CT molecular complexity index is 713. The Morgan fingerprint density at radius 1 is 1.03 bits per heavy atom. The molecule has 1 aliphatic heterocycles. The minimum Gasteiger partial charge on any atom is -0.480 e. The van der Waals surface area contributed by atoms with Gasteiger partial charge in [0.2, 0.25) is 0 Å². The highest BCUT2D eigenvalue weighted by atomic mass is 19.1. The molecule has 0 atom stereocenters. The molecule has 29 heavy (non-hydrogen) atoms. The molecule has 5 heteroatoms. The maximum atomic E-state index is 13.1. The Morgan fingerprint density at radius 3 is 2.07 bits per heavy atom. The largest absolute Gasteiger partial charge is 0.480 e. The van der Waals surface area contributed by atoms with E-state index in [1.165, 1.54) is 25.0 Å². The molecule has 2 aromatic rings. The third kappa shape index (κ3) is 7.59. The maximum Gasteiger partial charge on any atom is 0.317 e. The monoisotopic (exact) mass is 398 g/mol. The summed E-state index contributed by atoms with van der Waals surface area (Å²) in [6.45, 7) is 2.73. The van der Waals surface area contributed by atoms with Crippen LogP contribution in [0.3, 0.4) is 0 Å². The Balaban J connectivity index is 0.000000343. The summed E-state index contributed by atoms with van der Waals surface area (Å²) in [5.74, 6) is -0.956. The van der Waals surface area contributed by atoms with Gasteiger partial charge in [-0.3, -0.25) is 9.69 Å². The van der Waals surface area contributed by atoms with Crippen molar-refractivity contribution in [2.75, 3.05) is 26.2 Å². The number of rotatable bonds is 7. The number of nitrogens with one attached hydrogen (secondary N) is 1. The average Bonchev–Trinajstić information content (AvgIpc) is 3.56. The van der Waals surface area contributed by atoms with E-state index in [4.69, 9.17) is 5.11 Å². The van der Waals surface area contributed by atoms with Crippen molar-refractivity contribution in [1.29, 1.82) is 0 Å². The molecule has 0 unspecified atom stereocenters. The summed E-state index contributed by atoms with van der Waals surface area (Å²) in [6.07, 6.45) is 5.41. The third-order valence-electron chi connectivity index (χ3n) is 5.78. The molecule has 4 rings (SSSR count). The van der Waals surface area contributed by atoms with E-state index < -0.39 is 5.97 Å². The molecule has 156 valence electrons. The van der Waals surface area contributed by atoms with Crippen LogP contribution < -0.4 is 5.32 Å². The predicted octanol–water partition coefficient (Wildman–Crippen LogP) is 3.97. The molecule has 1 heterocycles. The van der Waals surface area contributed by atoms with Crippen LogP contribution in [0.4, 0.5) is 4.39 Å². The molecular weight excluding hydrogens is 367 g/mol. The normalized spacial score (nSPS) is 18.5. The molecule has 4 nitrogen and oxygen atoms in total. The van der Waals surface area contributed by atoms with Gasteiger partial charge < -0.3 is 10.4 Å². The number of carbonyl (C=O) groups is 1. The van der Waals surface area contributed by atoms with Crippen LogP contribution in [-0.2, 0) is 11.2 Å². The smallest absolute Gasteiger partial charge is 0.317 e. The fourth-order valence-electron chi connectivity index (χ4n) is 3.86. The number of benzene rings is 2. The molecule has 0 amide bonds. The van der Waals surface area contributed by atoms with Gasteiger partial charge in [0.05, 0.1) is 6.54 Å². The first-order chi connectivity index (χ1) is 14.0. The standard InChI is InChI=1S/C18H25FN2O2.C6H6/c19-15-3-1-14(2-4-15)11-18(13-20-16-5-6-16)7-9-21(10-8-18)12-17(22)23;1-2-4-6-5-3-1/h1-4,16,20H,5-13H2,(H,22,23);1-6H. The van der Waals surface area contributed by atoms with Crippen molar-refractivity contribution in [3.63, 3.8) is 0 Å². The topological polar surface area (TPSA) is 52.6 Å². The van der Waals surface area contributed by atoms with Gasteiger partial charge in [0.25, 0.3) is 0 Å². The Labute approximate surface area is 172 Å². The van der Waals surface area contributed by atoms with E-state index in [0.29, 0.717) is 6.04 Å². The van der Waals surface area contributed by atoms with E-state index in [1.807, 2.05) is 53.4 Å². The SMILES string of the molecule is O=C(O)CN1CCC(CNC2CC2)(Cc2ccc(F)cc2)CC1.c1ccccc1. The van der Waals surface area contributed by atoms with Crippen molar-refractivity contribution >= 4 is 5.97 Å². The van der Waals surface area contributed by atoms with Crippen LogP contribution in [0.1, 0.15) is 31.2 Å². The molecule has 1 aliphatic carbocycles. The van der Waals surface area contributed by atoms with Crippen molar-refractivity contribution in [2.24, 2.45) is 5.41 Å². The molecule has 0 bridgehead atoms. The lowest BCUT2D eigenvalue weighted by Crippen LogP contribution is -2.47. The zero-order valence-corrected chi connectivity index (χ0v) is 16.9. The summed E-state index contributed by atoms with van der Waals surface area (Å²) >= 11 is 0. The van der Waals surface area contributed by atoms with Crippen molar-refractivity contribution in [3.05, 3.63) is 72.0 Å². The van der Waals surface area contributed by atoms with Gasteiger partial charge in [-0.2, -0.15) is 0 Å². The summed E-state index contributed by atoms with van der Waals surface area (Å²) in [4.78, 5) is 12.9. The highest BCUT2D eigenvalue weighted by Crippen LogP contribution is 2.36.